The van der Waals surface area contributed by atoms with Crippen molar-refractivity contribution in [1.82, 2.24) is 9.88 Å². The number of pyridine rings is 1. The molecule has 1 aliphatic heterocycles. The van der Waals surface area contributed by atoms with Crippen LogP contribution in [0.5, 0.6) is 0 Å². The molecular weight excluding hydrogens is 288 g/mol. The average Bonchev–Trinajstić information content (AvgIpc) is 2.57. The number of hydrogen-bond donors (Lipinski definition) is 0. The summed E-state index contributed by atoms with van der Waals surface area (Å²) < 4.78 is 5.38. The van der Waals surface area contributed by atoms with E-state index in [0.29, 0.717) is 5.41 Å². The summed E-state index contributed by atoms with van der Waals surface area (Å²) in [6.45, 7) is 5.09. The van der Waals surface area contributed by atoms with Crippen molar-refractivity contribution in [3.63, 3.8) is 0 Å². The summed E-state index contributed by atoms with van der Waals surface area (Å²) in [4.78, 5) is 17.8. The predicted octanol–water partition coefficient (Wildman–Crippen LogP) is 3.21. The highest BCUT2D eigenvalue weighted by atomic mass is 16.5. The molecule has 1 aromatic heterocycles. The first-order chi connectivity index (χ1) is 11.2. The molecule has 0 radical (unpaired) electrons. The van der Waals surface area contributed by atoms with Crippen LogP contribution in [0.1, 0.15) is 51.0 Å². The molecule has 126 valence electrons. The molecule has 3 rings (SSSR count). The number of rotatable bonds is 4. The number of carbonyl (C=O) groups is 1. The van der Waals surface area contributed by atoms with Crippen molar-refractivity contribution >= 4 is 5.97 Å². The number of likely N-dealkylation sites (tertiary alicyclic amines) is 1. The highest BCUT2D eigenvalue weighted by Gasteiger charge is 2.38. The van der Waals surface area contributed by atoms with Crippen molar-refractivity contribution in [2.24, 2.45) is 5.41 Å². The van der Waals surface area contributed by atoms with Gasteiger partial charge in [-0.25, -0.2) is 0 Å². The molecule has 1 saturated heterocycles. The molecule has 4 nitrogen and oxygen atoms in total. The molecule has 1 aliphatic carbocycles. The lowest BCUT2D eigenvalue weighted by atomic mass is 9.67. The van der Waals surface area contributed by atoms with Gasteiger partial charge >= 0.3 is 5.97 Å². The average molecular weight is 316 g/mol. The van der Waals surface area contributed by atoms with Gasteiger partial charge in [-0.15, -0.1) is 0 Å². The van der Waals surface area contributed by atoms with E-state index in [-0.39, 0.29) is 12.1 Å². The number of hydrogen-bond acceptors (Lipinski definition) is 4. The molecule has 2 heterocycles. The van der Waals surface area contributed by atoms with Crippen molar-refractivity contribution in [1.29, 1.82) is 0 Å². The molecule has 0 bridgehead atoms. The Morgan fingerprint density at radius 2 is 1.87 bits per heavy atom. The van der Waals surface area contributed by atoms with E-state index in [1.165, 1.54) is 51.3 Å². The third-order valence-corrected chi connectivity index (χ3v) is 5.71. The Labute approximate surface area is 139 Å². The Morgan fingerprint density at radius 1 is 1.22 bits per heavy atom. The molecular formula is C19H28N2O2. The van der Waals surface area contributed by atoms with E-state index in [0.717, 1.165) is 25.8 Å². The molecule has 4 heteroatoms. The Morgan fingerprint density at radius 3 is 2.48 bits per heavy atom. The van der Waals surface area contributed by atoms with Crippen molar-refractivity contribution in [2.45, 2.75) is 58.0 Å². The van der Waals surface area contributed by atoms with Crippen molar-refractivity contribution in [2.75, 3.05) is 19.6 Å². The van der Waals surface area contributed by atoms with Gasteiger partial charge in [0.1, 0.15) is 6.10 Å². The van der Waals surface area contributed by atoms with Gasteiger partial charge in [0.2, 0.25) is 0 Å². The maximum atomic E-state index is 11.1. The van der Waals surface area contributed by atoms with Gasteiger partial charge < -0.3 is 9.64 Å². The SMILES string of the molecule is CC(=O)OC1CCC2(CC1)CCN(CCc1ccncc1)CC2. The van der Waals surface area contributed by atoms with Crippen LogP contribution in [0.3, 0.4) is 0 Å². The summed E-state index contributed by atoms with van der Waals surface area (Å²) >= 11 is 0. The predicted molar refractivity (Wildman–Crippen MR) is 90.1 cm³/mol. The van der Waals surface area contributed by atoms with Crippen LogP contribution in [0.25, 0.3) is 0 Å². The Bertz CT molecular complexity index is 499. The lowest BCUT2D eigenvalue weighted by Crippen LogP contribution is -2.43. The highest BCUT2D eigenvalue weighted by molar-refractivity contribution is 5.66. The van der Waals surface area contributed by atoms with E-state index in [1.807, 2.05) is 12.4 Å². The minimum absolute atomic E-state index is 0.128. The van der Waals surface area contributed by atoms with Crippen LogP contribution >= 0.6 is 0 Å². The van der Waals surface area contributed by atoms with E-state index in [9.17, 15) is 4.79 Å². The number of esters is 1. The van der Waals surface area contributed by atoms with Crippen LogP contribution in [-0.2, 0) is 16.0 Å². The molecule has 2 aliphatic rings. The van der Waals surface area contributed by atoms with Gasteiger partial charge in [0.05, 0.1) is 0 Å². The second kappa shape index (κ2) is 7.43. The van der Waals surface area contributed by atoms with E-state index >= 15 is 0 Å². The molecule has 1 saturated carbocycles. The van der Waals surface area contributed by atoms with Gasteiger partial charge in [-0.2, -0.15) is 0 Å². The van der Waals surface area contributed by atoms with Crippen LogP contribution < -0.4 is 0 Å². The molecule has 0 atom stereocenters. The van der Waals surface area contributed by atoms with Gasteiger partial charge in [0, 0.05) is 25.9 Å². The summed E-state index contributed by atoms with van der Waals surface area (Å²) in [5, 5.41) is 0. The first-order valence-electron chi connectivity index (χ1n) is 8.94. The molecule has 1 aromatic rings. The second-order valence-electron chi connectivity index (χ2n) is 7.26. The lowest BCUT2D eigenvalue weighted by molar-refractivity contribution is -0.149. The normalized spacial score (nSPS) is 22.1. The Hall–Kier alpha value is -1.42. The largest absolute Gasteiger partial charge is 0.463 e. The van der Waals surface area contributed by atoms with Gasteiger partial charge in [-0.1, -0.05) is 0 Å². The standard InChI is InChI=1S/C19H28N2O2/c1-16(22)23-18-2-7-19(8-3-18)9-14-21(15-10-19)13-6-17-4-11-20-12-5-17/h4-5,11-12,18H,2-3,6-10,13-15H2,1H3. The zero-order valence-corrected chi connectivity index (χ0v) is 14.2. The smallest absolute Gasteiger partial charge is 0.302 e. The van der Waals surface area contributed by atoms with E-state index in [1.54, 1.807) is 0 Å². The summed E-state index contributed by atoms with van der Waals surface area (Å²) in [6.07, 6.45) is 12.2. The van der Waals surface area contributed by atoms with Crippen molar-refractivity contribution in [3.8, 4) is 0 Å². The van der Waals surface area contributed by atoms with Gasteiger partial charge in [0.25, 0.3) is 0 Å². The van der Waals surface area contributed by atoms with Crippen LogP contribution in [0.2, 0.25) is 0 Å². The molecule has 23 heavy (non-hydrogen) atoms. The van der Waals surface area contributed by atoms with Gasteiger partial charge in [-0.05, 0) is 81.1 Å². The first-order valence-corrected chi connectivity index (χ1v) is 8.94. The fourth-order valence-electron chi connectivity index (χ4n) is 4.14. The van der Waals surface area contributed by atoms with E-state index in [2.05, 4.69) is 22.0 Å². The minimum Gasteiger partial charge on any atom is -0.463 e. The summed E-state index contributed by atoms with van der Waals surface area (Å²) in [5.74, 6) is -0.128. The van der Waals surface area contributed by atoms with Crippen LogP contribution in [0, 0.1) is 5.41 Å². The first kappa shape index (κ1) is 16.4. The zero-order valence-electron chi connectivity index (χ0n) is 14.2. The highest BCUT2D eigenvalue weighted by Crippen LogP contribution is 2.45. The number of carbonyl (C=O) groups excluding carboxylic acids is 1. The second-order valence-corrected chi connectivity index (χ2v) is 7.26. The quantitative estimate of drug-likeness (QED) is 0.800. The van der Waals surface area contributed by atoms with Crippen molar-refractivity contribution in [3.05, 3.63) is 30.1 Å². The van der Waals surface area contributed by atoms with Crippen LogP contribution in [0.4, 0.5) is 0 Å². The Balaban J connectivity index is 1.41. The zero-order chi connectivity index (χ0) is 16.1. The summed E-state index contributed by atoms with van der Waals surface area (Å²) in [7, 11) is 0. The summed E-state index contributed by atoms with van der Waals surface area (Å²) in [5.41, 5.74) is 1.89. The third-order valence-electron chi connectivity index (χ3n) is 5.71. The van der Waals surface area contributed by atoms with Crippen molar-refractivity contribution < 1.29 is 9.53 Å². The number of nitrogens with zero attached hydrogens (tertiary/aromatic N) is 2. The summed E-state index contributed by atoms with van der Waals surface area (Å²) in [6, 6.07) is 4.23. The maximum Gasteiger partial charge on any atom is 0.302 e. The maximum absolute atomic E-state index is 11.1. The third kappa shape index (κ3) is 4.54. The lowest BCUT2D eigenvalue weighted by Gasteiger charge is -2.45. The topological polar surface area (TPSA) is 42.4 Å². The minimum atomic E-state index is -0.128. The van der Waals surface area contributed by atoms with E-state index < -0.39 is 0 Å². The molecule has 1 spiro atoms. The monoisotopic (exact) mass is 316 g/mol. The van der Waals surface area contributed by atoms with Gasteiger partial charge in [0.15, 0.2) is 0 Å². The van der Waals surface area contributed by atoms with Crippen LogP contribution in [0.15, 0.2) is 24.5 Å². The Kier molecular flexibility index (Phi) is 5.31. The number of piperidine rings is 1. The number of aromatic nitrogens is 1. The molecule has 0 aromatic carbocycles. The molecule has 0 N–H and O–H groups in total. The molecule has 0 amide bonds. The fourth-order valence-corrected chi connectivity index (χ4v) is 4.14. The van der Waals surface area contributed by atoms with Gasteiger partial charge in [-0.3, -0.25) is 9.78 Å². The van der Waals surface area contributed by atoms with E-state index in [4.69, 9.17) is 4.74 Å². The van der Waals surface area contributed by atoms with Crippen LogP contribution in [-0.4, -0.2) is 41.6 Å². The molecule has 2 fully saturated rings. The molecule has 0 unspecified atom stereocenters. The number of ether oxygens (including phenoxy) is 1. The fraction of sp³-hybridized carbons (Fsp3) is 0.684.